The standard InChI is InChI=1S/C14H19F3N2O/c15-14(16,17)11-8-10(12(18)9-20)4-5-13(11)19-6-2-1-3-7-19/h4-5,8,12,20H,1-3,6-7,9,18H2/t12-/m0/s1. The van der Waals surface area contributed by atoms with Gasteiger partial charge in [-0.25, -0.2) is 0 Å². The van der Waals surface area contributed by atoms with Gasteiger partial charge in [0.1, 0.15) is 0 Å². The molecule has 1 atom stereocenters. The third-order valence-electron chi connectivity index (χ3n) is 3.65. The molecule has 1 aliphatic rings. The molecule has 0 amide bonds. The van der Waals surface area contributed by atoms with E-state index in [1.165, 1.54) is 6.07 Å². The summed E-state index contributed by atoms with van der Waals surface area (Å²) in [5, 5.41) is 8.98. The number of anilines is 1. The maximum absolute atomic E-state index is 13.2. The lowest BCUT2D eigenvalue weighted by Crippen LogP contribution is -2.31. The fourth-order valence-corrected chi connectivity index (χ4v) is 2.53. The van der Waals surface area contributed by atoms with Crippen LogP contribution >= 0.6 is 0 Å². The fraction of sp³-hybridized carbons (Fsp3) is 0.571. The molecule has 1 aliphatic heterocycles. The summed E-state index contributed by atoms with van der Waals surface area (Å²) < 4.78 is 39.7. The highest BCUT2D eigenvalue weighted by Crippen LogP contribution is 2.38. The molecule has 20 heavy (non-hydrogen) atoms. The second-order valence-electron chi connectivity index (χ2n) is 5.11. The topological polar surface area (TPSA) is 49.5 Å². The highest BCUT2D eigenvalue weighted by atomic mass is 19.4. The van der Waals surface area contributed by atoms with E-state index in [9.17, 15) is 13.2 Å². The molecule has 1 aromatic rings. The van der Waals surface area contributed by atoms with E-state index in [2.05, 4.69) is 0 Å². The van der Waals surface area contributed by atoms with Crippen LogP contribution in [0.25, 0.3) is 0 Å². The van der Waals surface area contributed by atoms with Gasteiger partial charge in [-0.15, -0.1) is 0 Å². The fourth-order valence-electron chi connectivity index (χ4n) is 2.53. The number of nitrogens with two attached hydrogens (primary N) is 1. The second-order valence-corrected chi connectivity index (χ2v) is 5.11. The van der Waals surface area contributed by atoms with Crippen molar-refractivity contribution in [2.24, 2.45) is 5.73 Å². The number of halogens is 3. The Hall–Kier alpha value is -1.27. The first-order chi connectivity index (χ1) is 9.43. The Morgan fingerprint density at radius 2 is 1.85 bits per heavy atom. The van der Waals surface area contributed by atoms with Gasteiger partial charge in [-0.05, 0) is 37.0 Å². The van der Waals surface area contributed by atoms with Crippen LogP contribution in [0.5, 0.6) is 0 Å². The molecular formula is C14H19F3N2O. The molecule has 3 nitrogen and oxygen atoms in total. The van der Waals surface area contributed by atoms with Crippen LogP contribution in [-0.2, 0) is 6.18 Å². The summed E-state index contributed by atoms with van der Waals surface area (Å²) in [6.45, 7) is 0.920. The van der Waals surface area contributed by atoms with E-state index in [0.717, 1.165) is 25.3 Å². The molecule has 1 fully saturated rings. The van der Waals surface area contributed by atoms with Crippen LogP contribution < -0.4 is 10.6 Å². The highest BCUT2D eigenvalue weighted by Gasteiger charge is 2.35. The maximum atomic E-state index is 13.2. The summed E-state index contributed by atoms with van der Waals surface area (Å²) in [6, 6.07) is 3.32. The van der Waals surface area contributed by atoms with Crippen LogP contribution in [0.2, 0.25) is 0 Å². The Labute approximate surface area is 116 Å². The average Bonchev–Trinajstić information content (AvgIpc) is 2.46. The molecule has 0 unspecified atom stereocenters. The van der Waals surface area contributed by atoms with Crippen molar-refractivity contribution in [1.29, 1.82) is 0 Å². The molecular weight excluding hydrogens is 269 g/mol. The first-order valence-electron chi connectivity index (χ1n) is 6.76. The minimum absolute atomic E-state index is 0.214. The van der Waals surface area contributed by atoms with E-state index in [0.29, 0.717) is 18.7 Å². The number of hydrogen-bond donors (Lipinski definition) is 2. The van der Waals surface area contributed by atoms with Gasteiger partial charge in [0.2, 0.25) is 0 Å². The maximum Gasteiger partial charge on any atom is 0.418 e. The van der Waals surface area contributed by atoms with E-state index in [1.54, 1.807) is 11.0 Å². The van der Waals surface area contributed by atoms with E-state index >= 15 is 0 Å². The molecule has 0 spiro atoms. The van der Waals surface area contributed by atoms with Gasteiger partial charge in [0.25, 0.3) is 0 Å². The molecule has 0 radical (unpaired) electrons. The number of benzene rings is 1. The molecule has 112 valence electrons. The molecule has 6 heteroatoms. The normalized spacial score (nSPS) is 18.1. The third-order valence-corrected chi connectivity index (χ3v) is 3.65. The summed E-state index contributed by atoms with van der Waals surface area (Å²) in [5.74, 6) is 0. The summed E-state index contributed by atoms with van der Waals surface area (Å²) in [5.41, 5.74) is 5.46. The van der Waals surface area contributed by atoms with Gasteiger partial charge < -0.3 is 15.7 Å². The Balaban J connectivity index is 2.40. The SMILES string of the molecule is N[C@@H](CO)c1ccc(N2CCCCC2)c(C(F)(F)F)c1. The number of aliphatic hydroxyl groups is 1. The van der Waals surface area contributed by atoms with Crippen LogP contribution in [0, 0.1) is 0 Å². The zero-order chi connectivity index (χ0) is 14.8. The van der Waals surface area contributed by atoms with Crippen molar-refractivity contribution in [2.75, 3.05) is 24.6 Å². The van der Waals surface area contributed by atoms with E-state index in [1.807, 2.05) is 0 Å². The van der Waals surface area contributed by atoms with Gasteiger partial charge in [-0.3, -0.25) is 0 Å². The van der Waals surface area contributed by atoms with Gasteiger partial charge in [-0.2, -0.15) is 13.2 Å². The van der Waals surface area contributed by atoms with Gasteiger partial charge in [0.15, 0.2) is 0 Å². The lowest BCUT2D eigenvalue weighted by molar-refractivity contribution is -0.137. The van der Waals surface area contributed by atoms with Crippen molar-refractivity contribution in [3.8, 4) is 0 Å². The van der Waals surface area contributed by atoms with Crippen molar-refractivity contribution in [2.45, 2.75) is 31.5 Å². The predicted molar refractivity (Wildman–Crippen MR) is 71.5 cm³/mol. The Kier molecular flexibility index (Phi) is 4.55. The lowest BCUT2D eigenvalue weighted by atomic mass is 10.0. The molecule has 0 aliphatic carbocycles. The molecule has 1 heterocycles. The molecule has 1 aromatic carbocycles. The molecule has 2 rings (SSSR count). The van der Waals surface area contributed by atoms with E-state index < -0.39 is 17.8 Å². The van der Waals surface area contributed by atoms with Crippen LogP contribution in [0.3, 0.4) is 0 Å². The smallest absolute Gasteiger partial charge is 0.394 e. The summed E-state index contributed by atoms with van der Waals surface area (Å²) in [6.07, 6.45) is -1.53. The minimum atomic E-state index is -4.42. The summed E-state index contributed by atoms with van der Waals surface area (Å²) >= 11 is 0. The molecule has 0 saturated carbocycles. The van der Waals surface area contributed by atoms with Gasteiger partial charge >= 0.3 is 6.18 Å². The van der Waals surface area contributed by atoms with Crippen molar-refractivity contribution in [3.05, 3.63) is 29.3 Å². The van der Waals surface area contributed by atoms with Crippen LogP contribution in [0.1, 0.15) is 36.4 Å². The second kappa shape index (κ2) is 6.01. The van der Waals surface area contributed by atoms with Crippen molar-refractivity contribution >= 4 is 5.69 Å². The number of nitrogens with zero attached hydrogens (tertiary/aromatic N) is 1. The number of piperidine rings is 1. The minimum Gasteiger partial charge on any atom is -0.394 e. The zero-order valence-electron chi connectivity index (χ0n) is 11.2. The average molecular weight is 288 g/mol. The highest BCUT2D eigenvalue weighted by molar-refractivity contribution is 5.57. The van der Waals surface area contributed by atoms with Crippen molar-refractivity contribution in [1.82, 2.24) is 0 Å². The number of aliphatic hydroxyl groups excluding tert-OH is 1. The molecule has 0 bridgehead atoms. The number of hydrogen-bond acceptors (Lipinski definition) is 3. The zero-order valence-corrected chi connectivity index (χ0v) is 11.2. The van der Waals surface area contributed by atoms with Crippen molar-refractivity contribution < 1.29 is 18.3 Å². The lowest BCUT2D eigenvalue weighted by Gasteiger charge is -2.31. The van der Waals surface area contributed by atoms with Gasteiger partial charge in [0.05, 0.1) is 18.2 Å². The van der Waals surface area contributed by atoms with Gasteiger partial charge in [0, 0.05) is 18.8 Å². The van der Waals surface area contributed by atoms with E-state index in [4.69, 9.17) is 10.8 Å². The van der Waals surface area contributed by atoms with Crippen LogP contribution in [0.4, 0.5) is 18.9 Å². The quantitative estimate of drug-likeness (QED) is 0.899. The van der Waals surface area contributed by atoms with Crippen LogP contribution in [-0.4, -0.2) is 24.8 Å². The Morgan fingerprint density at radius 3 is 2.40 bits per heavy atom. The Morgan fingerprint density at radius 1 is 1.20 bits per heavy atom. The van der Waals surface area contributed by atoms with E-state index in [-0.39, 0.29) is 12.3 Å². The molecule has 1 saturated heterocycles. The molecule has 0 aromatic heterocycles. The number of rotatable bonds is 3. The Bertz CT molecular complexity index is 456. The van der Waals surface area contributed by atoms with Crippen molar-refractivity contribution in [3.63, 3.8) is 0 Å². The monoisotopic (exact) mass is 288 g/mol. The van der Waals surface area contributed by atoms with Crippen LogP contribution in [0.15, 0.2) is 18.2 Å². The first-order valence-corrected chi connectivity index (χ1v) is 6.76. The first kappa shape index (κ1) is 15.1. The van der Waals surface area contributed by atoms with Gasteiger partial charge in [-0.1, -0.05) is 6.07 Å². The summed E-state index contributed by atoms with van der Waals surface area (Å²) in [4.78, 5) is 1.78. The largest absolute Gasteiger partial charge is 0.418 e. The number of alkyl halides is 3. The predicted octanol–water partition coefficient (Wildman–Crippen LogP) is 2.69. The third kappa shape index (κ3) is 3.24. The summed E-state index contributed by atoms with van der Waals surface area (Å²) in [7, 11) is 0. The molecule has 3 N–H and O–H groups in total.